The molecule has 0 aromatic heterocycles. The maximum absolute atomic E-state index is 13.0. The van der Waals surface area contributed by atoms with Gasteiger partial charge in [0, 0.05) is 12.6 Å². The Bertz CT molecular complexity index is 545. The average Bonchev–Trinajstić information content (AvgIpc) is 2.69. The van der Waals surface area contributed by atoms with Gasteiger partial charge < -0.3 is 10.1 Å². The molecule has 1 aromatic carbocycles. The lowest BCUT2D eigenvalue weighted by molar-refractivity contribution is 0.307. The van der Waals surface area contributed by atoms with Crippen LogP contribution >= 0.6 is 0 Å². The second kappa shape index (κ2) is 5.88. The summed E-state index contributed by atoms with van der Waals surface area (Å²) in [4.78, 5) is 0. The number of halogens is 1. The van der Waals surface area contributed by atoms with Crippen molar-refractivity contribution in [3.8, 4) is 5.75 Å². The molecule has 6 heteroatoms. The van der Waals surface area contributed by atoms with Gasteiger partial charge in [0.05, 0.1) is 11.5 Å². The van der Waals surface area contributed by atoms with Crippen LogP contribution in [0.5, 0.6) is 5.75 Å². The molecular weight excluding hydrogens is 269 g/mol. The summed E-state index contributed by atoms with van der Waals surface area (Å²) < 4.78 is 41.0. The van der Waals surface area contributed by atoms with Gasteiger partial charge in [-0.05, 0) is 37.1 Å². The molecule has 1 aliphatic heterocycles. The van der Waals surface area contributed by atoms with Crippen LogP contribution in [0.15, 0.2) is 18.2 Å². The predicted octanol–water partition coefficient (Wildman–Crippen LogP) is 1.29. The second-order valence-electron chi connectivity index (χ2n) is 4.81. The van der Waals surface area contributed by atoms with E-state index in [0.29, 0.717) is 30.9 Å². The normalized spacial score (nSPS) is 21.5. The first-order valence-electron chi connectivity index (χ1n) is 6.29. The Labute approximate surface area is 112 Å². The molecule has 4 nitrogen and oxygen atoms in total. The van der Waals surface area contributed by atoms with Gasteiger partial charge >= 0.3 is 0 Å². The summed E-state index contributed by atoms with van der Waals surface area (Å²) in [6.07, 6.45) is 0.665. The third-order valence-corrected chi connectivity index (χ3v) is 4.93. The van der Waals surface area contributed by atoms with Crippen molar-refractivity contribution in [2.75, 3.05) is 24.7 Å². The monoisotopic (exact) mass is 287 g/mol. The van der Waals surface area contributed by atoms with Crippen LogP contribution < -0.4 is 10.1 Å². The van der Waals surface area contributed by atoms with Crippen LogP contribution in [0, 0.1) is 12.7 Å². The number of benzene rings is 1. The van der Waals surface area contributed by atoms with E-state index in [1.807, 2.05) is 0 Å². The van der Waals surface area contributed by atoms with Crippen LogP contribution in [0.3, 0.4) is 0 Å². The molecule has 0 saturated carbocycles. The molecule has 0 aliphatic carbocycles. The zero-order valence-corrected chi connectivity index (χ0v) is 11.7. The maximum Gasteiger partial charge on any atom is 0.151 e. The van der Waals surface area contributed by atoms with E-state index in [2.05, 4.69) is 5.32 Å². The Morgan fingerprint density at radius 1 is 1.47 bits per heavy atom. The van der Waals surface area contributed by atoms with Gasteiger partial charge in [0.2, 0.25) is 0 Å². The van der Waals surface area contributed by atoms with Gasteiger partial charge in [0.1, 0.15) is 18.2 Å². The summed E-state index contributed by atoms with van der Waals surface area (Å²) in [7, 11) is -2.84. The summed E-state index contributed by atoms with van der Waals surface area (Å²) in [6, 6.07) is 4.64. The van der Waals surface area contributed by atoms with Crippen LogP contribution in [0.1, 0.15) is 12.0 Å². The number of sulfone groups is 1. The zero-order chi connectivity index (χ0) is 13.9. The average molecular weight is 287 g/mol. The van der Waals surface area contributed by atoms with Crippen molar-refractivity contribution in [2.24, 2.45) is 0 Å². The number of hydrogen-bond acceptors (Lipinski definition) is 4. The van der Waals surface area contributed by atoms with Crippen LogP contribution in [-0.2, 0) is 9.84 Å². The highest BCUT2D eigenvalue weighted by atomic mass is 32.2. The summed E-state index contributed by atoms with van der Waals surface area (Å²) >= 11 is 0. The Kier molecular flexibility index (Phi) is 4.42. The minimum absolute atomic E-state index is 0.0311. The molecule has 106 valence electrons. The molecule has 0 spiro atoms. The van der Waals surface area contributed by atoms with Gasteiger partial charge in [-0.2, -0.15) is 0 Å². The molecule has 1 fully saturated rings. The Morgan fingerprint density at radius 3 is 2.89 bits per heavy atom. The topological polar surface area (TPSA) is 55.4 Å². The van der Waals surface area contributed by atoms with Gasteiger partial charge in [-0.3, -0.25) is 0 Å². The highest BCUT2D eigenvalue weighted by Crippen LogP contribution is 2.15. The van der Waals surface area contributed by atoms with Crippen LogP contribution in [0.25, 0.3) is 0 Å². The Morgan fingerprint density at radius 2 is 2.26 bits per heavy atom. The van der Waals surface area contributed by atoms with Crippen LogP contribution in [0.4, 0.5) is 4.39 Å². The number of ether oxygens (including phenoxy) is 1. The Hall–Kier alpha value is -1.14. The van der Waals surface area contributed by atoms with E-state index in [4.69, 9.17) is 4.74 Å². The second-order valence-corrected chi connectivity index (χ2v) is 7.04. The number of aryl methyl sites for hydroxylation is 1. The Balaban J connectivity index is 1.71. The van der Waals surface area contributed by atoms with E-state index in [9.17, 15) is 12.8 Å². The molecule has 1 aliphatic rings. The van der Waals surface area contributed by atoms with Crippen LogP contribution in [-0.4, -0.2) is 39.1 Å². The molecule has 2 rings (SSSR count). The summed E-state index contributed by atoms with van der Waals surface area (Å²) in [6.45, 7) is 2.70. The predicted molar refractivity (Wildman–Crippen MR) is 71.7 cm³/mol. The molecule has 1 atom stereocenters. The lowest BCUT2D eigenvalue weighted by atomic mass is 10.2. The van der Waals surface area contributed by atoms with Crippen molar-refractivity contribution < 1.29 is 17.5 Å². The van der Waals surface area contributed by atoms with E-state index < -0.39 is 9.84 Å². The van der Waals surface area contributed by atoms with Gasteiger partial charge in [-0.1, -0.05) is 0 Å². The van der Waals surface area contributed by atoms with Gasteiger partial charge in [0.15, 0.2) is 9.84 Å². The van der Waals surface area contributed by atoms with Crippen LogP contribution in [0.2, 0.25) is 0 Å². The molecule has 1 heterocycles. The fourth-order valence-electron chi connectivity index (χ4n) is 2.09. The molecule has 0 bridgehead atoms. The molecule has 1 saturated heterocycles. The lowest BCUT2D eigenvalue weighted by Gasteiger charge is -2.12. The van der Waals surface area contributed by atoms with Crippen molar-refractivity contribution >= 4 is 9.84 Å². The van der Waals surface area contributed by atoms with Crippen molar-refractivity contribution in [3.63, 3.8) is 0 Å². The maximum atomic E-state index is 13.0. The number of rotatable bonds is 5. The largest absolute Gasteiger partial charge is 0.492 e. The van der Waals surface area contributed by atoms with E-state index in [0.717, 1.165) is 0 Å². The van der Waals surface area contributed by atoms with Gasteiger partial charge in [-0.15, -0.1) is 0 Å². The molecular formula is C13H18FNO3S. The molecule has 1 N–H and O–H groups in total. The first-order valence-corrected chi connectivity index (χ1v) is 8.11. The van der Waals surface area contributed by atoms with E-state index >= 15 is 0 Å². The molecule has 1 unspecified atom stereocenters. The van der Waals surface area contributed by atoms with Crippen molar-refractivity contribution in [1.82, 2.24) is 5.32 Å². The fourth-order valence-corrected chi connectivity index (χ4v) is 3.80. The summed E-state index contributed by atoms with van der Waals surface area (Å²) in [5.41, 5.74) is 0.548. The molecule has 0 radical (unpaired) electrons. The zero-order valence-electron chi connectivity index (χ0n) is 10.9. The number of nitrogens with one attached hydrogen (secondary N) is 1. The summed E-state index contributed by atoms with van der Waals surface area (Å²) in [5, 5.41) is 3.16. The van der Waals surface area contributed by atoms with Crippen molar-refractivity contribution in [3.05, 3.63) is 29.6 Å². The standard InChI is InChI=1S/C13H18FNO3S/c1-10-8-12(2-3-13(10)14)18-6-5-15-11-4-7-19(16,17)9-11/h2-3,8,11,15H,4-7,9H2,1H3. The third kappa shape index (κ3) is 4.18. The van der Waals surface area contributed by atoms with E-state index in [1.54, 1.807) is 19.1 Å². The number of hydrogen-bond donors (Lipinski definition) is 1. The quantitative estimate of drug-likeness (QED) is 0.829. The smallest absolute Gasteiger partial charge is 0.151 e. The fraction of sp³-hybridized carbons (Fsp3) is 0.538. The first-order chi connectivity index (χ1) is 8.96. The highest BCUT2D eigenvalue weighted by molar-refractivity contribution is 7.91. The van der Waals surface area contributed by atoms with Gasteiger partial charge in [0.25, 0.3) is 0 Å². The minimum Gasteiger partial charge on any atom is -0.492 e. The van der Waals surface area contributed by atoms with E-state index in [1.165, 1.54) is 6.07 Å². The molecule has 0 amide bonds. The molecule has 19 heavy (non-hydrogen) atoms. The lowest BCUT2D eigenvalue weighted by Crippen LogP contribution is -2.33. The molecule has 1 aromatic rings. The van der Waals surface area contributed by atoms with Gasteiger partial charge in [-0.25, -0.2) is 12.8 Å². The van der Waals surface area contributed by atoms with Crippen molar-refractivity contribution in [2.45, 2.75) is 19.4 Å². The first kappa shape index (κ1) is 14.3. The SMILES string of the molecule is Cc1cc(OCCNC2CCS(=O)(=O)C2)ccc1F. The van der Waals surface area contributed by atoms with Crippen molar-refractivity contribution in [1.29, 1.82) is 0 Å². The summed E-state index contributed by atoms with van der Waals surface area (Å²) in [5.74, 6) is 0.854. The van der Waals surface area contributed by atoms with E-state index in [-0.39, 0.29) is 23.4 Å². The minimum atomic E-state index is -2.84. The highest BCUT2D eigenvalue weighted by Gasteiger charge is 2.26. The third-order valence-electron chi connectivity index (χ3n) is 3.17.